The summed E-state index contributed by atoms with van der Waals surface area (Å²) in [6.07, 6.45) is 6.57. The first-order valence-electron chi connectivity index (χ1n) is 8.21. The molecule has 1 aromatic carbocycles. The Bertz CT molecular complexity index is 618. The van der Waals surface area contributed by atoms with E-state index in [1.807, 2.05) is 37.3 Å². The maximum absolute atomic E-state index is 12.5. The van der Waals surface area contributed by atoms with Crippen molar-refractivity contribution in [3.8, 4) is 5.75 Å². The fourth-order valence-corrected chi connectivity index (χ4v) is 3.79. The number of benzene rings is 1. The second kappa shape index (κ2) is 5.43. The van der Waals surface area contributed by atoms with Crippen LogP contribution in [0, 0.1) is 5.92 Å². The Balaban J connectivity index is 1.49. The Morgan fingerprint density at radius 2 is 2.14 bits per heavy atom. The van der Waals surface area contributed by atoms with Gasteiger partial charge in [0.05, 0.1) is 0 Å². The number of amides is 1. The highest BCUT2D eigenvalue weighted by Crippen LogP contribution is 2.29. The van der Waals surface area contributed by atoms with Gasteiger partial charge in [0.25, 0.3) is 5.91 Å². The number of nitrogens with one attached hydrogen (secondary N) is 1. The number of rotatable bonds is 2. The fourth-order valence-electron chi connectivity index (χ4n) is 3.79. The van der Waals surface area contributed by atoms with Crippen molar-refractivity contribution in [2.24, 2.45) is 5.92 Å². The first-order chi connectivity index (χ1) is 10.7. The van der Waals surface area contributed by atoms with Crippen LogP contribution < -0.4 is 10.1 Å². The third-order valence-electron chi connectivity index (χ3n) is 5.10. The van der Waals surface area contributed by atoms with Gasteiger partial charge in [0, 0.05) is 23.7 Å². The van der Waals surface area contributed by atoms with E-state index >= 15 is 0 Å². The van der Waals surface area contributed by atoms with Crippen LogP contribution in [0.15, 0.2) is 24.3 Å². The zero-order chi connectivity index (χ0) is 15.1. The molecule has 5 rings (SSSR count). The smallest absolute Gasteiger partial charge is 0.251 e. The molecule has 116 valence electrons. The summed E-state index contributed by atoms with van der Waals surface area (Å²) in [5, 5.41) is 3.24. The van der Waals surface area contributed by atoms with E-state index in [1.165, 1.54) is 25.9 Å². The van der Waals surface area contributed by atoms with Crippen LogP contribution in [0.5, 0.6) is 5.75 Å². The van der Waals surface area contributed by atoms with Crippen LogP contribution >= 0.6 is 0 Å². The molecule has 0 spiro atoms. The lowest BCUT2D eigenvalue weighted by molar-refractivity contribution is 0.0620. The van der Waals surface area contributed by atoms with E-state index in [0.717, 1.165) is 23.4 Å². The van der Waals surface area contributed by atoms with Crippen LogP contribution in [-0.2, 0) is 0 Å². The molecule has 22 heavy (non-hydrogen) atoms. The Hall–Kier alpha value is -1.81. The van der Waals surface area contributed by atoms with Crippen molar-refractivity contribution in [1.29, 1.82) is 0 Å². The molecule has 4 heterocycles. The van der Waals surface area contributed by atoms with Crippen molar-refractivity contribution in [3.63, 3.8) is 0 Å². The number of ether oxygens (including phenoxy) is 1. The molecule has 4 aliphatic heterocycles. The molecule has 1 amide bonds. The van der Waals surface area contributed by atoms with E-state index in [1.54, 1.807) is 0 Å². The lowest BCUT2D eigenvalue weighted by Gasteiger charge is -2.44. The maximum Gasteiger partial charge on any atom is 0.251 e. The summed E-state index contributed by atoms with van der Waals surface area (Å²) >= 11 is 0. The molecule has 1 unspecified atom stereocenters. The minimum Gasteiger partial charge on any atom is -0.486 e. The third-order valence-corrected chi connectivity index (χ3v) is 5.10. The van der Waals surface area contributed by atoms with Crippen molar-refractivity contribution in [3.05, 3.63) is 35.4 Å². The molecule has 2 bridgehead atoms. The minimum atomic E-state index is 0.0357. The van der Waals surface area contributed by atoms with Gasteiger partial charge in [-0.1, -0.05) is 6.08 Å². The molecule has 4 aliphatic rings. The standard InChI is InChI=1S/C18H22N2O2/c1-12-2-3-14-10-15(4-5-17(14)22-12)18(21)19-16-11-20-8-6-13(16)7-9-20/h2-5,10,12-13,16H,6-9,11H2,1H3,(H,19,21)/t12?,16-/m0/s1. The Morgan fingerprint density at radius 1 is 1.32 bits per heavy atom. The van der Waals surface area contributed by atoms with E-state index in [4.69, 9.17) is 4.74 Å². The van der Waals surface area contributed by atoms with Gasteiger partial charge >= 0.3 is 0 Å². The highest BCUT2D eigenvalue weighted by molar-refractivity contribution is 5.95. The molecule has 0 aliphatic carbocycles. The monoisotopic (exact) mass is 298 g/mol. The summed E-state index contributed by atoms with van der Waals surface area (Å²) in [7, 11) is 0. The average molecular weight is 298 g/mol. The topological polar surface area (TPSA) is 41.6 Å². The Labute approximate surface area is 131 Å². The molecule has 2 atom stereocenters. The highest BCUT2D eigenvalue weighted by atomic mass is 16.5. The van der Waals surface area contributed by atoms with Gasteiger partial charge in [-0.2, -0.15) is 0 Å². The van der Waals surface area contributed by atoms with Crippen molar-refractivity contribution >= 4 is 12.0 Å². The molecular formula is C18H22N2O2. The molecule has 3 saturated heterocycles. The van der Waals surface area contributed by atoms with E-state index in [2.05, 4.69) is 10.2 Å². The first kappa shape index (κ1) is 13.8. The molecule has 4 nitrogen and oxygen atoms in total. The molecule has 4 heteroatoms. The number of carbonyl (C=O) groups excluding carboxylic acids is 1. The molecule has 0 aromatic heterocycles. The fraction of sp³-hybridized carbons (Fsp3) is 0.500. The van der Waals surface area contributed by atoms with E-state index in [-0.39, 0.29) is 12.0 Å². The molecule has 3 fully saturated rings. The van der Waals surface area contributed by atoms with Crippen molar-refractivity contribution in [2.45, 2.75) is 31.9 Å². The molecular weight excluding hydrogens is 276 g/mol. The molecule has 0 radical (unpaired) electrons. The van der Waals surface area contributed by atoms with E-state index in [0.29, 0.717) is 12.0 Å². The lowest BCUT2D eigenvalue weighted by Crippen LogP contribution is -2.57. The second-order valence-electron chi connectivity index (χ2n) is 6.65. The van der Waals surface area contributed by atoms with E-state index in [9.17, 15) is 4.79 Å². The highest BCUT2D eigenvalue weighted by Gasteiger charge is 2.35. The maximum atomic E-state index is 12.5. The van der Waals surface area contributed by atoms with Gasteiger partial charge in [0.2, 0.25) is 0 Å². The van der Waals surface area contributed by atoms with Crippen molar-refractivity contribution in [2.75, 3.05) is 19.6 Å². The van der Waals surface area contributed by atoms with Gasteiger partial charge < -0.3 is 15.0 Å². The number of piperidine rings is 3. The average Bonchev–Trinajstić information content (AvgIpc) is 2.55. The first-order valence-corrected chi connectivity index (χ1v) is 8.21. The minimum absolute atomic E-state index is 0.0357. The predicted octanol–water partition coefficient (Wildman–Crippen LogP) is 2.30. The number of carbonyl (C=O) groups is 1. The summed E-state index contributed by atoms with van der Waals surface area (Å²) in [5.41, 5.74) is 1.71. The van der Waals surface area contributed by atoms with Crippen molar-refractivity contribution in [1.82, 2.24) is 10.2 Å². The van der Waals surface area contributed by atoms with Gasteiger partial charge in [0.1, 0.15) is 11.9 Å². The lowest BCUT2D eigenvalue weighted by atomic mass is 9.84. The van der Waals surface area contributed by atoms with Gasteiger partial charge in [0.15, 0.2) is 0 Å². The summed E-state index contributed by atoms with van der Waals surface area (Å²) in [6.45, 7) is 5.39. The number of nitrogens with zero attached hydrogens (tertiary/aromatic N) is 1. The Morgan fingerprint density at radius 3 is 2.86 bits per heavy atom. The van der Waals surface area contributed by atoms with Crippen LogP contribution in [0.3, 0.4) is 0 Å². The molecule has 1 N–H and O–H groups in total. The zero-order valence-corrected chi connectivity index (χ0v) is 12.9. The summed E-state index contributed by atoms with van der Waals surface area (Å²) in [4.78, 5) is 15.0. The zero-order valence-electron chi connectivity index (χ0n) is 12.9. The number of hydrogen-bond acceptors (Lipinski definition) is 3. The van der Waals surface area contributed by atoms with Gasteiger partial charge in [-0.3, -0.25) is 4.79 Å². The van der Waals surface area contributed by atoms with Crippen LogP contribution in [0.25, 0.3) is 6.08 Å². The third kappa shape index (κ3) is 2.52. The van der Waals surface area contributed by atoms with Gasteiger partial charge in [-0.15, -0.1) is 0 Å². The summed E-state index contributed by atoms with van der Waals surface area (Å²) in [5.74, 6) is 1.54. The summed E-state index contributed by atoms with van der Waals surface area (Å²) < 4.78 is 5.73. The van der Waals surface area contributed by atoms with E-state index < -0.39 is 0 Å². The van der Waals surface area contributed by atoms with Crippen molar-refractivity contribution < 1.29 is 9.53 Å². The largest absolute Gasteiger partial charge is 0.486 e. The Kier molecular flexibility index (Phi) is 3.41. The predicted molar refractivity (Wildman–Crippen MR) is 86.0 cm³/mol. The second-order valence-corrected chi connectivity index (χ2v) is 6.65. The normalized spacial score (nSPS) is 32.2. The molecule has 0 saturated carbocycles. The quantitative estimate of drug-likeness (QED) is 0.911. The SMILES string of the molecule is CC1C=Cc2cc(C(=O)N[C@H]3CN4CCC3CC4)ccc2O1. The van der Waals surface area contributed by atoms with Crippen LogP contribution in [0.2, 0.25) is 0 Å². The van der Waals surface area contributed by atoms with Crippen LogP contribution in [0.1, 0.15) is 35.7 Å². The number of fused-ring (bicyclic) bond motifs is 4. The number of hydrogen-bond donors (Lipinski definition) is 1. The summed E-state index contributed by atoms with van der Waals surface area (Å²) in [6, 6.07) is 5.99. The molecule has 1 aromatic rings. The van der Waals surface area contributed by atoms with Gasteiger partial charge in [-0.25, -0.2) is 0 Å². The van der Waals surface area contributed by atoms with Gasteiger partial charge in [-0.05, 0) is 63.0 Å². The van der Waals surface area contributed by atoms with Crippen LogP contribution in [-0.4, -0.2) is 42.6 Å². The van der Waals surface area contributed by atoms with Crippen LogP contribution in [0.4, 0.5) is 0 Å².